The molecule has 11 heteroatoms. The molecule has 0 aliphatic rings. The number of anilines is 2. The van der Waals surface area contributed by atoms with Crippen LogP contribution in [0.4, 0.5) is 11.4 Å². The zero-order chi connectivity index (χ0) is 22.4. The molecule has 0 unspecified atom stereocenters. The van der Waals surface area contributed by atoms with E-state index in [1.54, 1.807) is 47.0 Å². The van der Waals surface area contributed by atoms with Crippen LogP contribution in [0.5, 0.6) is 0 Å². The smallest absolute Gasteiger partial charge is 0.234 e. The number of nitrogens with one attached hydrogen (secondary N) is 2. The molecule has 7 nitrogen and oxygen atoms in total. The summed E-state index contributed by atoms with van der Waals surface area (Å²) in [5, 5.41) is 15.5. The minimum absolute atomic E-state index is 0.0213. The molecule has 0 radical (unpaired) electrons. The molecule has 31 heavy (non-hydrogen) atoms. The highest BCUT2D eigenvalue weighted by atomic mass is 35.5. The van der Waals surface area contributed by atoms with Crippen LogP contribution in [-0.2, 0) is 22.6 Å². The number of aromatic nitrogens is 3. The van der Waals surface area contributed by atoms with Crippen LogP contribution < -0.4 is 10.6 Å². The summed E-state index contributed by atoms with van der Waals surface area (Å²) in [4.78, 5) is 24.6. The van der Waals surface area contributed by atoms with E-state index in [-0.39, 0.29) is 24.0 Å². The first-order chi connectivity index (χ1) is 14.9. The highest BCUT2D eigenvalue weighted by molar-refractivity contribution is 7.99. The molecule has 0 saturated heterocycles. The average molecular weight is 499 g/mol. The molecule has 0 aliphatic carbocycles. The first kappa shape index (κ1) is 23.4. The van der Waals surface area contributed by atoms with Gasteiger partial charge in [0.2, 0.25) is 11.8 Å². The molecule has 0 bridgehead atoms. The van der Waals surface area contributed by atoms with E-state index in [9.17, 15) is 9.59 Å². The van der Waals surface area contributed by atoms with Crippen molar-refractivity contribution in [2.75, 3.05) is 16.4 Å². The maximum atomic E-state index is 12.4. The molecule has 162 valence electrons. The van der Waals surface area contributed by atoms with Crippen molar-refractivity contribution in [2.45, 2.75) is 25.0 Å². The third-order valence-corrected chi connectivity index (χ3v) is 6.15. The van der Waals surface area contributed by atoms with Gasteiger partial charge >= 0.3 is 0 Å². The van der Waals surface area contributed by atoms with E-state index in [2.05, 4.69) is 20.8 Å². The molecule has 3 rings (SSSR count). The van der Waals surface area contributed by atoms with E-state index in [1.807, 2.05) is 6.92 Å². The van der Waals surface area contributed by atoms with Gasteiger partial charge in [-0.3, -0.25) is 9.59 Å². The molecule has 0 atom stereocenters. The zero-order valence-electron chi connectivity index (χ0n) is 16.4. The SMILES string of the molecule is CCn1c(CC(=O)Nc2ccc(Cl)c(Cl)c2)nnc1SCC(=O)Nc1ccccc1Cl. The first-order valence-electron chi connectivity index (χ1n) is 9.21. The number of amides is 2. The highest BCUT2D eigenvalue weighted by Crippen LogP contribution is 2.25. The van der Waals surface area contributed by atoms with Crippen molar-refractivity contribution in [1.82, 2.24) is 14.8 Å². The fourth-order valence-corrected chi connectivity index (χ4v) is 3.98. The molecule has 0 aliphatic heterocycles. The van der Waals surface area contributed by atoms with E-state index >= 15 is 0 Å². The van der Waals surface area contributed by atoms with Gasteiger partial charge in [-0.05, 0) is 37.3 Å². The number of carbonyl (C=O) groups is 2. The first-order valence-corrected chi connectivity index (χ1v) is 11.3. The Morgan fingerprint density at radius 2 is 1.74 bits per heavy atom. The van der Waals surface area contributed by atoms with Crippen molar-refractivity contribution < 1.29 is 9.59 Å². The summed E-state index contributed by atoms with van der Waals surface area (Å²) in [6.07, 6.45) is 0.0213. The number of halogens is 3. The Hall–Kier alpha value is -2.26. The maximum absolute atomic E-state index is 12.4. The molecule has 0 spiro atoms. The third-order valence-electron chi connectivity index (χ3n) is 4.11. The molecule has 2 N–H and O–H groups in total. The predicted octanol–water partition coefficient (Wildman–Crippen LogP) is 5.17. The third kappa shape index (κ3) is 6.36. The average Bonchev–Trinajstić information content (AvgIpc) is 3.12. The number of benzene rings is 2. The van der Waals surface area contributed by atoms with Crippen LogP contribution >= 0.6 is 46.6 Å². The molecule has 1 heterocycles. The number of nitrogens with zero attached hydrogens (tertiary/aromatic N) is 3. The van der Waals surface area contributed by atoms with E-state index < -0.39 is 0 Å². The lowest BCUT2D eigenvalue weighted by Gasteiger charge is -2.09. The van der Waals surface area contributed by atoms with Crippen LogP contribution in [0.3, 0.4) is 0 Å². The molecule has 1 aromatic heterocycles. The van der Waals surface area contributed by atoms with Gasteiger partial charge in [0.25, 0.3) is 0 Å². The minimum atomic E-state index is -0.270. The lowest BCUT2D eigenvalue weighted by Crippen LogP contribution is -2.18. The summed E-state index contributed by atoms with van der Waals surface area (Å²) in [7, 11) is 0. The zero-order valence-corrected chi connectivity index (χ0v) is 19.4. The summed E-state index contributed by atoms with van der Waals surface area (Å²) in [5.74, 6) is 0.129. The Labute approximate surface area is 198 Å². The van der Waals surface area contributed by atoms with Gasteiger partial charge in [-0.15, -0.1) is 10.2 Å². The lowest BCUT2D eigenvalue weighted by molar-refractivity contribution is -0.116. The van der Waals surface area contributed by atoms with Crippen LogP contribution in [0.15, 0.2) is 47.6 Å². The summed E-state index contributed by atoms with van der Waals surface area (Å²) in [6, 6.07) is 11.8. The maximum Gasteiger partial charge on any atom is 0.234 e. The van der Waals surface area contributed by atoms with Gasteiger partial charge in [0.15, 0.2) is 5.16 Å². The molecular weight excluding hydrogens is 481 g/mol. The Morgan fingerprint density at radius 3 is 2.45 bits per heavy atom. The van der Waals surface area contributed by atoms with E-state index in [0.29, 0.717) is 44.0 Å². The number of hydrogen-bond acceptors (Lipinski definition) is 5. The van der Waals surface area contributed by atoms with Crippen molar-refractivity contribution in [3.8, 4) is 0 Å². The number of rotatable bonds is 8. The largest absolute Gasteiger partial charge is 0.326 e. The van der Waals surface area contributed by atoms with Crippen LogP contribution in [0, 0.1) is 0 Å². The summed E-state index contributed by atoms with van der Waals surface area (Å²) < 4.78 is 1.79. The second-order valence-electron chi connectivity index (χ2n) is 6.31. The Bertz CT molecular complexity index is 1110. The molecule has 0 saturated carbocycles. The highest BCUT2D eigenvalue weighted by Gasteiger charge is 2.16. The van der Waals surface area contributed by atoms with Gasteiger partial charge in [-0.25, -0.2) is 0 Å². The van der Waals surface area contributed by atoms with Crippen molar-refractivity contribution in [3.63, 3.8) is 0 Å². The second-order valence-corrected chi connectivity index (χ2v) is 8.48. The summed E-state index contributed by atoms with van der Waals surface area (Å²) in [5.41, 5.74) is 1.08. The lowest BCUT2D eigenvalue weighted by atomic mass is 10.3. The summed E-state index contributed by atoms with van der Waals surface area (Å²) in [6.45, 7) is 2.47. The van der Waals surface area contributed by atoms with Crippen molar-refractivity contribution in [1.29, 1.82) is 0 Å². The number of para-hydroxylation sites is 1. The quantitative estimate of drug-likeness (QED) is 0.418. The summed E-state index contributed by atoms with van der Waals surface area (Å²) >= 11 is 19.2. The monoisotopic (exact) mass is 497 g/mol. The molecular formula is C20H18Cl3N5O2S. The van der Waals surface area contributed by atoms with Gasteiger partial charge < -0.3 is 15.2 Å². The molecule has 2 amide bonds. The number of thioether (sulfide) groups is 1. The van der Waals surface area contributed by atoms with Gasteiger partial charge in [-0.1, -0.05) is 58.7 Å². The van der Waals surface area contributed by atoms with Crippen molar-refractivity contribution >= 4 is 69.8 Å². The van der Waals surface area contributed by atoms with E-state index in [1.165, 1.54) is 11.8 Å². The Morgan fingerprint density at radius 1 is 0.968 bits per heavy atom. The minimum Gasteiger partial charge on any atom is -0.326 e. The Balaban J connectivity index is 1.59. The topological polar surface area (TPSA) is 88.9 Å². The number of carbonyl (C=O) groups excluding carboxylic acids is 2. The van der Waals surface area contributed by atoms with Gasteiger partial charge in [0.1, 0.15) is 5.82 Å². The van der Waals surface area contributed by atoms with Gasteiger partial charge in [0, 0.05) is 12.2 Å². The fourth-order valence-electron chi connectivity index (χ4n) is 2.68. The normalized spacial score (nSPS) is 10.7. The van der Waals surface area contributed by atoms with E-state index in [4.69, 9.17) is 34.8 Å². The van der Waals surface area contributed by atoms with Crippen molar-refractivity contribution in [3.05, 3.63) is 63.4 Å². The second kappa shape index (κ2) is 10.9. The number of hydrogen-bond donors (Lipinski definition) is 2. The van der Waals surface area contributed by atoms with Gasteiger partial charge in [-0.2, -0.15) is 0 Å². The molecule has 2 aromatic carbocycles. The van der Waals surface area contributed by atoms with Crippen molar-refractivity contribution in [2.24, 2.45) is 0 Å². The van der Waals surface area contributed by atoms with E-state index in [0.717, 1.165) is 0 Å². The molecule has 0 fully saturated rings. The Kier molecular flexibility index (Phi) is 8.20. The predicted molar refractivity (Wildman–Crippen MR) is 125 cm³/mol. The molecule has 3 aromatic rings. The van der Waals surface area contributed by atoms with Crippen LogP contribution in [-0.4, -0.2) is 32.3 Å². The van der Waals surface area contributed by atoms with Gasteiger partial charge in [0.05, 0.1) is 32.9 Å². The van der Waals surface area contributed by atoms with Crippen LogP contribution in [0.1, 0.15) is 12.7 Å². The van der Waals surface area contributed by atoms with Crippen LogP contribution in [0.2, 0.25) is 15.1 Å². The van der Waals surface area contributed by atoms with Crippen LogP contribution in [0.25, 0.3) is 0 Å². The fraction of sp³-hybridized carbons (Fsp3) is 0.200. The standard InChI is InChI=1S/C20H18Cl3N5O2S/c1-2-28-17(10-18(29)24-12-7-8-13(21)15(23)9-12)26-27-20(28)31-11-19(30)25-16-6-4-3-5-14(16)22/h3-9H,2,10-11H2,1H3,(H,24,29)(H,25,30).